The first-order chi connectivity index (χ1) is 46.3. The molecule has 0 fully saturated rings. The van der Waals surface area contributed by atoms with Crippen molar-refractivity contribution in [2.75, 3.05) is 9.80 Å². The third-order valence-corrected chi connectivity index (χ3v) is 20.6. The second-order valence-corrected chi connectivity index (χ2v) is 27.4. The lowest BCUT2D eigenvalue weighted by molar-refractivity contribution is 0.660. The Labute approximate surface area is 557 Å². The average Bonchev–Trinajstić information content (AvgIpc) is 1.60. The van der Waals surface area contributed by atoms with E-state index >= 15 is 0 Å². The SMILES string of the molecule is CC1(C)c2cc(/C=C/c3ccc4c(c3)C(C)(C)c3cc(N(c5ccc6ccccc6n5)c5ccccc5-c5ccccc5)ccc3-4)ccc2-c2ccc(/C=C/c3ccc4c(c3)C(C)(C)c3cc(N(c5ccc6ccccc6n5)c5ccccc5-c5ccccc5)ccc3-4)cc21. The van der Waals surface area contributed by atoms with E-state index in [0.29, 0.717) is 0 Å². The van der Waals surface area contributed by atoms with E-state index in [9.17, 15) is 0 Å². The second kappa shape index (κ2) is 22.4. The van der Waals surface area contributed by atoms with Crippen molar-refractivity contribution in [3.05, 3.63) is 347 Å². The summed E-state index contributed by atoms with van der Waals surface area (Å²) in [6, 6.07) is 106. The van der Waals surface area contributed by atoms with Gasteiger partial charge < -0.3 is 0 Å². The highest BCUT2D eigenvalue weighted by molar-refractivity contribution is 5.95. The Kier molecular flexibility index (Phi) is 13.5. The standard InChI is InChI=1S/C91H70N4/c1-89(2)77-53-59(33-35-61-39-47-73-75-49-43-67(57-81(75)90(3,4)79(73)55-61)94(87-51-41-65-25-13-17-29-83(65)92-87)85-31-19-15-27-69(85)63-21-9-7-10-22-63)37-45-71(77)72-46-38-60(54-78(72)89)34-36-62-40-48-74-76-50-44-68(58-82(76)91(5,6)80(74)56-62)95(88-52-42-66-26-14-18-30-84(66)93-88)86-32-20-16-28-70(86)64-23-11-8-12-24-64/h7-58H,1-6H3/b35-33+,36-34+. The van der Waals surface area contributed by atoms with Gasteiger partial charge >= 0.3 is 0 Å². The van der Waals surface area contributed by atoms with Gasteiger partial charge in [-0.25, -0.2) is 9.97 Å². The first kappa shape index (κ1) is 57.4. The smallest absolute Gasteiger partial charge is 0.138 e. The van der Waals surface area contributed by atoms with Gasteiger partial charge in [0.2, 0.25) is 0 Å². The van der Waals surface area contributed by atoms with Crippen molar-refractivity contribution in [3.8, 4) is 55.6 Å². The molecule has 3 aliphatic carbocycles. The third kappa shape index (κ3) is 9.73. The molecule has 12 aromatic carbocycles. The van der Waals surface area contributed by atoms with Gasteiger partial charge in [-0.1, -0.05) is 284 Å². The molecule has 0 unspecified atom stereocenters. The van der Waals surface area contributed by atoms with Gasteiger partial charge in [-0.3, -0.25) is 9.80 Å². The van der Waals surface area contributed by atoms with Crippen LogP contribution in [0.15, 0.2) is 291 Å². The molecule has 14 aromatic rings. The maximum Gasteiger partial charge on any atom is 0.138 e. The highest BCUT2D eigenvalue weighted by atomic mass is 15.2. The minimum Gasteiger partial charge on any atom is -0.294 e. The lowest BCUT2D eigenvalue weighted by atomic mass is 9.81. The van der Waals surface area contributed by atoms with Crippen molar-refractivity contribution in [2.24, 2.45) is 0 Å². The van der Waals surface area contributed by atoms with Crippen LogP contribution in [0.3, 0.4) is 0 Å². The van der Waals surface area contributed by atoms with E-state index < -0.39 is 0 Å². The molecule has 2 heterocycles. The number of pyridine rings is 2. The molecule has 4 nitrogen and oxygen atoms in total. The van der Waals surface area contributed by atoms with Crippen molar-refractivity contribution >= 4 is 80.5 Å². The lowest BCUT2D eigenvalue weighted by Crippen LogP contribution is -2.17. The van der Waals surface area contributed by atoms with E-state index in [2.05, 4.69) is 367 Å². The summed E-state index contributed by atoms with van der Waals surface area (Å²) in [4.78, 5) is 15.3. The van der Waals surface area contributed by atoms with Gasteiger partial charge in [0.05, 0.1) is 22.4 Å². The Bertz CT molecular complexity index is 5140. The van der Waals surface area contributed by atoms with Crippen LogP contribution in [0.5, 0.6) is 0 Å². The molecule has 0 atom stereocenters. The topological polar surface area (TPSA) is 32.3 Å². The minimum atomic E-state index is -0.251. The molecule has 0 bridgehead atoms. The van der Waals surface area contributed by atoms with Crippen LogP contribution in [-0.4, -0.2) is 9.97 Å². The summed E-state index contributed by atoms with van der Waals surface area (Å²) < 4.78 is 0. The zero-order chi connectivity index (χ0) is 64.2. The van der Waals surface area contributed by atoms with Gasteiger partial charge in [-0.05, 0) is 173 Å². The second-order valence-electron chi connectivity index (χ2n) is 27.4. The molecule has 454 valence electrons. The van der Waals surface area contributed by atoms with E-state index in [1.807, 2.05) is 0 Å². The molecule has 0 radical (unpaired) electrons. The Morgan fingerprint density at radius 1 is 0.253 bits per heavy atom. The van der Waals surface area contributed by atoms with E-state index in [1.54, 1.807) is 0 Å². The van der Waals surface area contributed by atoms with Gasteiger partial charge in [0.25, 0.3) is 0 Å². The molecule has 17 rings (SSSR count). The molecule has 0 spiro atoms. The quantitative estimate of drug-likeness (QED) is 0.114. The van der Waals surface area contributed by atoms with E-state index in [-0.39, 0.29) is 16.2 Å². The van der Waals surface area contributed by atoms with Crippen LogP contribution in [0.25, 0.3) is 102 Å². The number of fused-ring (bicyclic) bond motifs is 11. The first-order valence-electron chi connectivity index (χ1n) is 33.2. The van der Waals surface area contributed by atoms with Crippen LogP contribution in [0.1, 0.15) is 97.2 Å². The number of benzene rings is 12. The fourth-order valence-corrected chi connectivity index (χ4v) is 15.5. The van der Waals surface area contributed by atoms with Crippen LogP contribution in [0.2, 0.25) is 0 Å². The van der Waals surface area contributed by atoms with Crippen LogP contribution < -0.4 is 9.80 Å². The summed E-state index contributed by atoms with van der Waals surface area (Å²) in [6.07, 6.45) is 9.17. The summed E-state index contributed by atoms with van der Waals surface area (Å²) >= 11 is 0. The molecular weight excluding hydrogens is 1150 g/mol. The highest BCUT2D eigenvalue weighted by Crippen LogP contribution is 2.55. The van der Waals surface area contributed by atoms with Crippen molar-refractivity contribution in [3.63, 3.8) is 0 Å². The van der Waals surface area contributed by atoms with E-state index in [1.165, 1.54) is 89.0 Å². The zero-order valence-electron chi connectivity index (χ0n) is 54.3. The number of aromatic nitrogens is 2. The Morgan fingerprint density at radius 2 is 0.547 bits per heavy atom. The van der Waals surface area contributed by atoms with Gasteiger partial charge in [0, 0.05) is 49.5 Å². The van der Waals surface area contributed by atoms with Crippen molar-refractivity contribution in [1.82, 2.24) is 9.97 Å². The molecule has 0 aliphatic heterocycles. The number of para-hydroxylation sites is 4. The predicted molar refractivity (Wildman–Crippen MR) is 401 cm³/mol. The number of rotatable bonds is 12. The van der Waals surface area contributed by atoms with E-state index in [4.69, 9.17) is 9.97 Å². The molecule has 4 heteroatoms. The fraction of sp³-hybridized carbons (Fsp3) is 0.0989. The van der Waals surface area contributed by atoms with Crippen LogP contribution in [0.4, 0.5) is 34.4 Å². The predicted octanol–water partition coefficient (Wildman–Crippen LogP) is 24.3. The van der Waals surface area contributed by atoms with E-state index in [0.717, 1.165) is 78.4 Å². The maximum atomic E-state index is 5.30. The maximum absolute atomic E-state index is 5.30. The van der Waals surface area contributed by atoms with Crippen LogP contribution in [0, 0.1) is 0 Å². The summed E-state index contributed by atoms with van der Waals surface area (Å²) in [7, 11) is 0. The average molecular weight is 1220 g/mol. The molecule has 0 saturated heterocycles. The molecule has 95 heavy (non-hydrogen) atoms. The Hall–Kier alpha value is -11.5. The van der Waals surface area contributed by atoms with Gasteiger partial charge in [0.15, 0.2) is 0 Å². The summed E-state index contributed by atoms with van der Waals surface area (Å²) in [5, 5.41) is 2.24. The largest absolute Gasteiger partial charge is 0.294 e. The number of hydrogen-bond donors (Lipinski definition) is 0. The number of anilines is 6. The summed E-state index contributed by atoms with van der Waals surface area (Å²) in [5.41, 5.74) is 30.7. The van der Waals surface area contributed by atoms with Gasteiger partial charge in [-0.2, -0.15) is 0 Å². The molecule has 3 aliphatic rings. The van der Waals surface area contributed by atoms with Crippen molar-refractivity contribution in [1.29, 1.82) is 0 Å². The molecular formula is C91H70N4. The minimum absolute atomic E-state index is 0.185. The zero-order valence-corrected chi connectivity index (χ0v) is 54.3. The highest BCUT2D eigenvalue weighted by Gasteiger charge is 2.39. The van der Waals surface area contributed by atoms with Gasteiger partial charge in [-0.15, -0.1) is 0 Å². The Balaban J connectivity index is 0.623. The Morgan fingerprint density at radius 3 is 0.905 bits per heavy atom. The first-order valence-corrected chi connectivity index (χ1v) is 33.2. The fourth-order valence-electron chi connectivity index (χ4n) is 15.5. The van der Waals surface area contributed by atoms with Crippen molar-refractivity contribution < 1.29 is 0 Å². The lowest BCUT2D eigenvalue weighted by Gasteiger charge is -2.29. The molecule has 0 N–H and O–H groups in total. The van der Waals surface area contributed by atoms with Gasteiger partial charge in [0.1, 0.15) is 11.6 Å². The van der Waals surface area contributed by atoms with Crippen LogP contribution in [-0.2, 0) is 16.2 Å². The monoisotopic (exact) mass is 1220 g/mol. The number of hydrogen-bond acceptors (Lipinski definition) is 4. The third-order valence-electron chi connectivity index (χ3n) is 20.6. The van der Waals surface area contributed by atoms with Crippen molar-refractivity contribution in [2.45, 2.75) is 57.8 Å². The molecule has 2 aromatic heterocycles. The molecule has 0 amide bonds. The molecule has 0 saturated carbocycles. The number of nitrogens with zero attached hydrogens (tertiary/aromatic N) is 4. The normalized spacial score (nSPS) is 14.2. The summed E-state index contributed by atoms with van der Waals surface area (Å²) in [6.45, 7) is 14.3. The summed E-state index contributed by atoms with van der Waals surface area (Å²) in [5.74, 6) is 1.76. The van der Waals surface area contributed by atoms with Crippen LogP contribution >= 0.6 is 0 Å².